The molecule has 2 amide bonds. The number of hydrogen-bond acceptors (Lipinski definition) is 4. The predicted molar refractivity (Wildman–Crippen MR) is 128 cm³/mol. The largest absolute Gasteiger partial charge is 0.497 e. The third kappa shape index (κ3) is 6.46. The van der Waals surface area contributed by atoms with Crippen LogP contribution in [0.2, 0.25) is 0 Å². The molecule has 2 aromatic carbocycles. The van der Waals surface area contributed by atoms with Gasteiger partial charge < -0.3 is 15.4 Å². The van der Waals surface area contributed by atoms with Gasteiger partial charge in [0.2, 0.25) is 11.8 Å². The number of amides is 2. The number of halogens is 3. The molecule has 0 aromatic heterocycles. The van der Waals surface area contributed by atoms with Crippen LogP contribution in [-0.2, 0) is 27.6 Å². The van der Waals surface area contributed by atoms with Crippen molar-refractivity contribution in [2.45, 2.75) is 56.1 Å². The van der Waals surface area contributed by atoms with Crippen LogP contribution in [0.15, 0.2) is 47.4 Å². The number of thiol groups is 1. The third-order valence-corrected chi connectivity index (χ3v) is 6.20. The van der Waals surface area contributed by atoms with Crippen LogP contribution in [-0.4, -0.2) is 32.0 Å². The predicted octanol–water partition coefficient (Wildman–Crippen LogP) is 4.78. The van der Waals surface area contributed by atoms with E-state index in [1.807, 2.05) is 13.8 Å². The van der Waals surface area contributed by atoms with Crippen molar-refractivity contribution in [2.75, 3.05) is 14.2 Å². The van der Waals surface area contributed by atoms with Crippen molar-refractivity contribution in [3.05, 3.63) is 59.2 Å². The van der Waals surface area contributed by atoms with Gasteiger partial charge in [-0.25, -0.2) is 0 Å². The lowest BCUT2D eigenvalue weighted by molar-refractivity contribution is -0.140. The van der Waals surface area contributed by atoms with E-state index in [4.69, 9.17) is 4.74 Å². The topological polar surface area (TPSA) is 67.4 Å². The number of nitrogens with one attached hydrogen (secondary N) is 2. The molecule has 0 aliphatic rings. The van der Waals surface area contributed by atoms with Crippen LogP contribution in [0.1, 0.15) is 43.9 Å². The van der Waals surface area contributed by atoms with Gasteiger partial charge in [-0.3, -0.25) is 9.59 Å². The number of ether oxygens (including phenoxy) is 1. The van der Waals surface area contributed by atoms with E-state index in [9.17, 15) is 22.8 Å². The highest BCUT2D eigenvalue weighted by atomic mass is 32.1. The zero-order chi connectivity index (χ0) is 25.7. The zero-order valence-electron chi connectivity index (χ0n) is 19.9. The van der Waals surface area contributed by atoms with Gasteiger partial charge in [-0.1, -0.05) is 38.1 Å². The molecule has 0 radical (unpaired) electrons. The van der Waals surface area contributed by atoms with Crippen LogP contribution in [0.3, 0.4) is 0 Å². The fourth-order valence-electron chi connectivity index (χ4n) is 4.06. The standard InChI is InChI=1S/C25H31F3N2O3S/c1-15(2)14-24(3,18-7-6-8-19(21(18)34)25(26,27)28)23(32)30-20(22(31)29-4)13-16-9-11-17(33-5)12-10-16/h6-12,15,20,34H,13-14H2,1-5H3,(H,29,31)(H,30,32)/t20-,24?/m0/s1. The molecular formula is C25H31F3N2O3S. The molecule has 9 heteroatoms. The minimum Gasteiger partial charge on any atom is -0.497 e. The molecule has 0 bridgehead atoms. The number of alkyl halides is 3. The molecular weight excluding hydrogens is 465 g/mol. The summed E-state index contributed by atoms with van der Waals surface area (Å²) in [4.78, 5) is 25.9. The first-order valence-electron chi connectivity index (χ1n) is 10.9. The Morgan fingerprint density at radius 1 is 1.06 bits per heavy atom. The molecule has 2 aromatic rings. The van der Waals surface area contributed by atoms with Gasteiger partial charge >= 0.3 is 6.18 Å². The van der Waals surface area contributed by atoms with Gasteiger partial charge in [0, 0.05) is 18.4 Å². The van der Waals surface area contributed by atoms with Crippen molar-refractivity contribution < 1.29 is 27.5 Å². The van der Waals surface area contributed by atoms with Gasteiger partial charge in [-0.15, -0.1) is 12.6 Å². The number of likely N-dealkylation sites (N-methyl/N-ethyl adjacent to an activating group) is 1. The first kappa shape index (κ1) is 27.6. The SMILES string of the molecule is CNC(=O)[C@H](Cc1ccc(OC)cc1)NC(=O)C(C)(CC(C)C)c1cccc(C(F)(F)F)c1S. The smallest absolute Gasteiger partial charge is 0.417 e. The van der Waals surface area contributed by atoms with E-state index in [0.29, 0.717) is 5.75 Å². The molecule has 0 aliphatic carbocycles. The summed E-state index contributed by atoms with van der Waals surface area (Å²) < 4.78 is 45.7. The number of methoxy groups -OCH3 is 1. The van der Waals surface area contributed by atoms with Gasteiger partial charge in [0.15, 0.2) is 0 Å². The van der Waals surface area contributed by atoms with Crippen LogP contribution in [0, 0.1) is 5.92 Å². The molecule has 0 saturated heterocycles. The molecule has 0 aliphatic heterocycles. The Balaban J connectivity index is 2.45. The maximum Gasteiger partial charge on any atom is 0.417 e. The molecule has 34 heavy (non-hydrogen) atoms. The Hall–Kier alpha value is -2.68. The van der Waals surface area contributed by atoms with Crippen molar-refractivity contribution >= 4 is 24.4 Å². The second-order valence-corrected chi connectivity index (χ2v) is 9.27. The second kappa shape index (κ2) is 11.2. The summed E-state index contributed by atoms with van der Waals surface area (Å²) in [7, 11) is 3.00. The minimum atomic E-state index is -4.61. The Morgan fingerprint density at radius 3 is 2.15 bits per heavy atom. The summed E-state index contributed by atoms with van der Waals surface area (Å²) in [5.74, 6) is -0.318. The Kier molecular flexibility index (Phi) is 9.05. The van der Waals surface area contributed by atoms with Gasteiger partial charge in [0.05, 0.1) is 18.1 Å². The highest BCUT2D eigenvalue weighted by Gasteiger charge is 2.42. The minimum absolute atomic E-state index is 0.0157. The van der Waals surface area contributed by atoms with E-state index < -0.39 is 35.0 Å². The van der Waals surface area contributed by atoms with E-state index >= 15 is 0 Å². The quantitative estimate of drug-likeness (QED) is 0.438. The molecule has 2 atom stereocenters. The van der Waals surface area contributed by atoms with Crippen LogP contribution in [0.5, 0.6) is 5.75 Å². The summed E-state index contributed by atoms with van der Waals surface area (Å²) in [5.41, 5.74) is -1.30. The first-order chi connectivity index (χ1) is 15.8. The maximum absolute atomic E-state index is 13.6. The van der Waals surface area contributed by atoms with Crippen molar-refractivity contribution in [3.63, 3.8) is 0 Å². The molecule has 0 saturated carbocycles. The fraction of sp³-hybridized carbons (Fsp3) is 0.440. The number of rotatable bonds is 9. The summed E-state index contributed by atoms with van der Waals surface area (Å²) in [6, 6.07) is 9.84. The summed E-state index contributed by atoms with van der Waals surface area (Å²) in [6.45, 7) is 5.35. The van der Waals surface area contributed by atoms with E-state index in [0.717, 1.165) is 11.6 Å². The molecule has 186 valence electrons. The normalized spacial score (nSPS) is 14.3. The molecule has 5 nitrogen and oxygen atoms in total. The average Bonchev–Trinajstić information content (AvgIpc) is 2.77. The number of carbonyl (C=O) groups is 2. The molecule has 0 fully saturated rings. The Bertz CT molecular complexity index is 1010. The lowest BCUT2D eigenvalue weighted by Crippen LogP contribution is -2.53. The van der Waals surface area contributed by atoms with Gasteiger partial charge in [0.25, 0.3) is 0 Å². The Labute approximate surface area is 203 Å². The first-order valence-corrected chi connectivity index (χ1v) is 11.3. The van der Waals surface area contributed by atoms with Crippen molar-refractivity contribution in [2.24, 2.45) is 5.92 Å². The van der Waals surface area contributed by atoms with Crippen LogP contribution < -0.4 is 15.4 Å². The highest BCUT2D eigenvalue weighted by Crippen LogP contribution is 2.41. The third-order valence-electron chi connectivity index (χ3n) is 5.72. The molecule has 0 heterocycles. The fourth-order valence-corrected chi connectivity index (χ4v) is 4.58. The van der Waals surface area contributed by atoms with Crippen molar-refractivity contribution in [3.8, 4) is 5.75 Å². The van der Waals surface area contributed by atoms with E-state index in [-0.39, 0.29) is 29.2 Å². The number of hydrogen-bond donors (Lipinski definition) is 3. The van der Waals surface area contributed by atoms with Crippen molar-refractivity contribution in [1.29, 1.82) is 0 Å². The summed E-state index contributed by atoms with van der Waals surface area (Å²) in [6.07, 6.45) is -4.15. The van der Waals surface area contributed by atoms with Crippen molar-refractivity contribution in [1.82, 2.24) is 10.6 Å². The van der Waals surface area contributed by atoms with Crippen LogP contribution in [0.4, 0.5) is 13.2 Å². The summed E-state index contributed by atoms with van der Waals surface area (Å²) in [5, 5.41) is 5.32. The van der Waals surface area contributed by atoms with Crippen LogP contribution in [0.25, 0.3) is 0 Å². The lowest BCUT2D eigenvalue weighted by Gasteiger charge is -2.34. The van der Waals surface area contributed by atoms with Gasteiger partial charge in [-0.2, -0.15) is 13.2 Å². The molecule has 2 N–H and O–H groups in total. The van der Waals surface area contributed by atoms with E-state index in [1.54, 1.807) is 38.3 Å². The van der Waals surface area contributed by atoms with Crippen LogP contribution >= 0.6 is 12.6 Å². The monoisotopic (exact) mass is 496 g/mol. The summed E-state index contributed by atoms with van der Waals surface area (Å²) >= 11 is 4.17. The van der Waals surface area contributed by atoms with Gasteiger partial charge in [-0.05, 0) is 48.6 Å². The molecule has 0 spiro atoms. The number of benzene rings is 2. The highest BCUT2D eigenvalue weighted by molar-refractivity contribution is 7.80. The lowest BCUT2D eigenvalue weighted by atomic mass is 9.74. The molecule has 1 unspecified atom stereocenters. The second-order valence-electron chi connectivity index (χ2n) is 8.82. The van der Waals surface area contributed by atoms with E-state index in [1.165, 1.54) is 19.2 Å². The maximum atomic E-state index is 13.6. The van der Waals surface area contributed by atoms with Gasteiger partial charge in [0.1, 0.15) is 11.8 Å². The number of carbonyl (C=O) groups excluding carboxylic acids is 2. The van der Waals surface area contributed by atoms with E-state index in [2.05, 4.69) is 23.3 Å². The zero-order valence-corrected chi connectivity index (χ0v) is 20.8. The average molecular weight is 497 g/mol. The molecule has 2 rings (SSSR count). The Morgan fingerprint density at radius 2 is 1.65 bits per heavy atom.